The summed E-state index contributed by atoms with van der Waals surface area (Å²) in [7, 11) is 1.71. The number of nitrogens with zero attached hydrogens (tertiary/aromatic N) is 1. The van der Waals surface area contributed by atoms with Crippen molar-refractivity contribution in [1.82, 2.24) is 10.3 Å². The van der Waals surface area contributed by atoms with E-state index in [4.69, 9.17) is 18.9 Å². The number of hydrogen-bond donors (Lipinski definition) is 4. The fourth-order valence-corrected chi connectivity index (χ4v) is 6.57. The predicted molar refractivity (Wildman–Crippen MR) is 186 cm³/mol. The number of esters is 2. The molecule has 274 valence electrons. The average Bonchev–Trinajstić information content (AvgIpc) is 3.83. The molecule has 3 unspecified atom stereocenters. The Labute approximate surface area is 291 Å². The molecule has 1 fully saturated rings. The van der Waals surface area contributed by atoms with Crippen LogP contribution in [0.15, 0.2) is 60.3 Å². The third kappa shape index (κ3) is 12.1. The number of cyclic esters (lactones) is 1. The quantitative estimate of drug-likeness (QED) is 0.0970. The van der Waals surface area contributed by atoms with Crippen LogP contribution in [0.2, 0.25) is 0 Å². The van der Waals surface area contributed by atoms with Crippen molar-refractivity contribution in [3.63, 3.8) is 0 Å². The lowest BCUT2D eigenvalue weighted by molar-refractivity contribution is -0.157. The van der Waals surface area contributed by atoms with Crippen LogP contribution < -0.4 is 5.32 Å². The van der Waals surface area contributed by atoms with Gasteiger partial charge in [-0.05, 0) is 63.8 Å². The van der Waals surface area contributed by atoms with Crippen LogP contribution in [0, 0.1) is 11.8 Å². The predicted octanol–water partition coefficient (Wildman–Crippen LogP) is 4.00. The molecular weight excluding hydrogens is 628 g/mol. The van der Waals surface area contributed by atoms with Crippen LogP contribution >= 0.6 is 0 Å². The normalized spacial score (nSPS) is 32.1. The Balaban J connectivity index is 1.84. The summed E-state index contributed by atoms with van der Waals surface area (Å²) in [4.78, 5) is 29.1. The number of aliphatic hydroxyl groups is 3. The van der Waals surface area contributed by atoms with Gasteiger partial charge in [0.2, 0.25) is 0 Å². The molecule has 11 nitrogen and oxygen atoms in total. The number of hydrogen-bond acceptors (Lipinski definition) is 11. The Morgan fingerprint density at radius 3 is 2.63 bits per heavy atom. The van der Waals surface area contributed by atoms with E-state index < -0.39 is 47.5 Å². The molecule has 4 N–H and O–H groups in total. The first-order valence-electron chi connectivity index (χ1n) is 17.4. The molecule has 11 atom stereocenters. The second-order valence-corrected chi connectivity index (χ2v) is 14.0. The molecule has 0 bridgehead atoms. The Morgan fingerprint density at radius 2 is 2.00 bits per heavy atom. The van der Waals surface area contributed by atoms with Crippen LogP contribution in [0.5, 0.6) is 0 Å². The van der Waals surface area contributed by atoms with Gasteiger partial charge in [-0.15, -0.1) is 0 Å². The van der Waals surface area contributed by atoms with E-state index in [1.807, 2.05) is 32.0 Å². The lowest BCUT2D eigenvalue weighted by Crippen LogP contribution is -2.52. The molecule has 1 saturated heterocycles. The maximum atomic E-state index is 12.9. The molecule has 3 heterocycles. The van der Waals surface area contributed by atoms with Gasteiger partial charge in [0.1, 0.15) is 23.9 Å². The third-order valence-electron chi connectivity index (χ3n) is 9.66. The van der Waals surface area contributed by atoms with E-state index in [1.54, 1.807) is 57.5 Å². The number of aromatic nitrogens is 1. The van der Waals surface area contributed by atoms with Crippen molar-refractivity contribution < 1.29 is 43.9 Å². The van der Waals surface area contributed by atoms with E-state index in [-0.39, 0.29) is 49.4 Å². The van der Waals surface area contributed by atoms with Crippen molar-refractivity contribution in [2.75, 3.05) is 13.7 Å². The first-order valence-corrected chi connectivity index (χ1v) is 17.4. The molecule has 0 radical (unpaired) electrons. The second-order valence-electron chi connectivity index (χ2n) is 14.0. The number of rotatable bonds is 14. The van der Waals surface area contributed by atoms with E-state index in [0.29, 0.717) is 18.5 Å². The minimum Gasteiger partial charge on any atom is -0.457 e. The summed E-state index contributed by atoms with van der Waals surface area (Å²) >= 11 is 0. The molecule has 0 spiro atoms. The maximum absolute atomic E-state index is 12.9. The Bertz CT molecular complexity index is 1290. The van der Waals surface area contributed by atoms with Gasteiger partial charge in [0.05, 0.1) is 36.4 Å². The number of carbonyl (C=O) groups is 2. The van der Waals surface area contributed by atoms with Gasteiger partial charge in [-0.1, -0.05) is 51.1 Å². The summed E-state index contributed by atoms with van der Waals surface area (Å²) < 4.78 is 23.1. The summed E-state index contributed by atoms with van der Waals surface area (Å²) in [5, 5.41) is 37.0. The number of methoxy groups -OCH3 is 1. The van der Waals surface area contributed by atoms with Crippen LogP contribution in [0.1, 0.15) is 79.8 Å². The van der Waals surface area contributed by atoms with Crippen LogP contribution in [0.25, 0.3) is 0 Å². The molecule has 11 heteroatoms. The molecule has 0 saturated carbocycles. The highest BCUT2D eigenvalue weighted by atomic mass is 16.6. The van der Waals surface area contributed by atoms with Gasteiger partial charge in [-0.2, -0.15) is 0 Å². The topological polar surface area (TPSA) is 160 Å². The van der Waals surface area contributed by atoms with Crippen LogP contribution in [0.3, 0.4) is 0 Å². The number of epoxide rings is 1. The van der Waals surface area contributed by atoms with E-state index in [9.17, 15) is 24.9 Å². The Hall–Kier alpha value is -2.93. The van der Waals surface area contributed by atoms with E-state index in [2.05, 4.69) is 24.1 Å². The summed E-state index contributed by atoms with van der Waals surface area (Å²) in [6.07, 6.45) is 8.89. The molecule has 3 rings (SSSR count). The van der Waals surface area contributed by atoms with Crippen LogP contribution in [-0.4, -0.2) is 99.8 Å². The van der Waals surface area contributed by atoms with Gasteiger partial charge in [0.15, 0.2) is 0 Å². The standard InChI is InChI=1S/C38H58N2O9/c1-9-30(46-8)26(4)34-35(49-34)36(40-22-18-28-14-10-11-21-39-28)38(7,45)19-12-13-24(2)33-25(3)15-16-31(47-27(5)41)37(6,44)20-17-29(42)23-32(43)48-33/h10-16,19,21,25-26,29-31,33-36,40,42,44-45H,9,17-18,20,22-23H2,1-8H3/b16-15+,19-12+,24-13+/t25-,26+,29+,30-,31-,33?,34+,35-,36?,37+,38?/m0/s1. The number of pyridine rings is 1. The minimum absolute atomic E-state index is 0.0384. The highest BCUT2D eigenvalue weighted by Gasteiger charge is 2.54. The van der Waals surface area contributed by atoms with E-state index >= 15 is 0 Å². The largest absolute Gasteiger partial charge is 0.457 e. The van der Waals surface area contributed by atoms with Crippen molar-refractivity contribution in [3.8, 4) is 0 Å². The molecule has 0 amide bonds. The molecular formula is C38H58N2O9. The highest BCUT2D eigenvalue weighted by molar-refractivity contribution is 5.70. The first-order chi connectivity index (χ1) is 23.1. The summed E-state index contributed by atoms with van der Waals surface area (Å²) in [5.74, 6) is -1.36. The van der Waals surface area contributed by atoms with Gasteiger partial charge in [0.25, 0.3) is 0 Å². The Kier molecular flexibility index (Phi) is 15.2. The molecule has 0 aliphatic carbocycles. The summed E-state index contributed by atoms with van der Waals surface area (Å²) in [6.45, 7) is 13.0. The van der Waals surface area contributed by atoms with Gasteiger partial charge >= 0.3 is 11.9 Å². The smallest absolute Gasteiger partial charge is 0.309 e. The van der Waals surface area contributed by atoms with E-state index in [0.717, 1.165) is 12.1 Å². The van der Waals surface area contributed by atoms with E-state index in [1.165, 1.54) is 6.92 Å². The Morgan fingerprint density at radius 1 is 1.27 bits per heavy atom. The number of allylic oxidation sites excluding steroid dienone is 2. The van der Waals surface area contributed by atoms with Crippen molar-refractivity contribution in [3.05, 3.63) is 66.0 Å². The number of nitrogens with one attached hydrogen (secondary N) is 1. The van der Waals surface area contributed by atoms with Gasteiger partial charge < -0.3 is 39.6 Å². The number of carbonyl (C=O) groups excluding carboxylic acids is 2. The molecule has 1 aromatic rings. The lowest BCUT2D eigenvalue weighted by atomic mass is 9.87. The van der Waals surface area contributed by atoms with Crippen molar-refractivity contribution in [2.24, 2.45) is 11.8 Å². The third-order valence-corrected chi connectivity index (χ3v) is 9.66. The minimum atomic E-state index is -1.45. The maximum Gasteiger partial charge on any atom is 0.309 e. The monoisotopic (exact) mass is 686 g/mol. The molecule has 2 aliphatic heterocycles. The van der Waals surface area contributed by atoms with Gasteiger partial charge in [-0.3, -0.25) is 14.6 Å². The average molecular weight is 687 g/mol. The second kappa shape index (κ2) is 18.3. The summed E-state index contributed by atoms with van der Waals surface area (Å²) in [5.41, 5.74) is -1.14. The molecule has 2 aliphatic rings. The molecule has 1 aromatic heterocycles. The zero-order valence-corrected chi connectivity index (χ0v) is 30.4. The molecule has 0 aromatic carbocycles. The van der Waals surface area contributed by atoms with Gasteiger partial charge in [0, 0.05) is 50.7 Å². The van der Waals surface area contributed by atoms with Crippen LogP contribution in [0.4, 0.5) is 0 Å². The van der Waals surface area contributed by atoms with Crippen molar-refractivity contribution >= 4 is 11.9 Å². The first kappa shape index (κ1) is 40.5. The lowest BCUT2D eigenvalue weighted by Gasteiger charge is -2.32. The van der Waals surface area contributed by atoms with Crippen molar-refractivity contribution in [2.45, 2.75) is 134 Å². The summed E-state index contributed by atoms with van der Waals surface area (Å²) in [6, 6.07) is 5.36. The fraction of sp³-hybridized carbons (Fsp3) is 0.658. The zero-order chi connectivity index (χ0) is 36.4. The van der Waals surface area contributed by atoms with Crippen LogP contribution in [-0.2, 0) is 35.0 Å². The van der Waals surface area contributed by atoms with Gasteiger partial charge in [-0.25, -0.2) is 0 Å². The zero-order valence-electron chi connectivity index (χ0n) is 30.4. The number of ether oxygens (including phenoxy) is 4. The number of aliphatic hydroxyl groups excluding tert-OH is 1. The fourth-order valence-electron chi connectivity index (χ4n) is 6.57. The van der Waals surface area contributed by atoms with Crippen molar-refractivity contribution in [1.29, 1.82) is 0 Å². The SMILES string of the molecule is CC[C@H](OC)[C@@H](C)[C@H]1O[C@@H]1C(NCCc1ccccn1)C(C)(O)/C=C/C=C(\C)C1OC(=O)C[C@H](O)CC[C@@](C)(O)[C@@H](OC(C)=O)/C=C/[C@@H]1C. The molecule has 49 heavy (non-hydrogen) atoms. The highest BCUT2D eigenvalue weighted by Crippen LogP contribution is 2.39.